The predicted molar refractivity (Wildman–Crippen MR) is 98.5 cm³/mol. The second kappa shape index (κ2) is 6.29. The Balaban J connectivity index is 1.57. The number of hydrazone groups is 1. The lowest BCUT2D eigenvalue weighted by Crippen LogP contribution is -2.20. The SMILES string of the molecule is C/C(=N/NC(=O)c1cc2c(s1)CCC2)c1cc2ccccc2oc1=O. The summed E-state index contributed by atoms with van der Waals surface area (Å²) in [5.41, 5.74) is 4.62. The van der Waals surface area contributed by atoms with Crippen molar-refractivity contribution in [3.8, 4) is 0 Å². The maximum Gasteiger partial charge on any atom is 0.345 e. The van der Waals surface area contributed by atoms with Crippen LogP contribution in [0.3, 0.4) is 0 Å². The van der Waals surface area contributed by atoms with Gasteiger partial charge in [-0.3, -0.25) is 4.79 Å². The molecule has 0 atom stereocenters. The van der Waals surface area contributed by atoms with Gasteiger partial charge in [-0.15, -0.1) is 11.3 Å². The molecular formula is C19H16N2O3S. The third-order valence-electron chi connectivity index (χ3n) is 4.33. The first-order valence-corrected chi connectivity index (χ1v) is 8.93. The highest BCUT2D eigenvalue weighted by molar-refractivity contribution is 7.14. The minimum atomic E-state index is -0.468. The summed E-state index contributed by atoms with van der Waals surface area (Å²) < 4.78 is 5.30. The van der Waals surface area contributed by atoms with Gasteiger partial charge in [0.05, 0.1) is 16.2 Å². The number of benzene rings is 1. The molecule has 0 radical (unpaired) electrons. The fourth-order valence-corrected chi connectivity index (χ4v) is 4.15. The van der Waals surface area contributed by atoms with E-state index in [9.17, 15) is 9.59 Å². The van der Waals surface area contributed by atoms with E-state index in [1.165, 1.54) is 21.8 Å². The number of carbonyl (C=O) groups is 1. The van der Waals surface area contributed by atoms with Crippen LogP contribution in [0.25, 0.3) is 11.0 Å². The first kappa shape index (κ1) is 15.8. The monoisotopic (exact) mass is 352 g/mol. The number of carbonyl (C=O) groups excluding carboxylic acids is 1. The maximum atomic E-state index is 12.3. The Labute approximate surface area is 148 Å². The van der Waals surface area contributed by atoms with Gasteiger partial charge in [0.2, 0.25) is 0 Å². The summed E-state index contributed by atoms with van der Waals surface area (Å²) in [7, 11) is 0. The van der Waals surface area contributed by atoms with Crippen LogP contribution in [0.15, 0.2) is 50.7 Å². The molecule has 4 rings (SSSR count). The molecule has 126 valence electrons. The van der Waals surface area contributed by atoms with E-state index in [1.807, 2.05) is 24.3 Å². The number of fused-ring (bicyclic) bond motifs is 2. The summed E-state index contributed by atoms with van der Waals surface area (Å²) in [6, 6.07) is 11.0. The molecule has 0 fully saturated rings. The zero-order valence-electron chi connectivity index (χ0n) is 13.7. The molecule has 2 aromatic heterocycles. The Morgan fingerprint density at radius 3 is 2.92 bits per heavy atom. The third-order valence-corrected chi connectivity index (χ3v) is 5.56. The molecule has 1 N–H and O–H groups in total. The topological polar surface area (TPSA) is 71.7 Å². The van der Waals surface area contributed by atoms with Crippen LogP contribution in [-0.2, 0) is 12.8 Å². The van der Waals surface area contributed by atoms with Gasteiger partial charge in [0.15, 0.2) is 0 Å². The average Bonchev–Trinajstić information content (AvgIpc) is 3.20. The smallest absolute Gasteiger partial charge is 0.345 e. The Morgan fingerprint density at radius 1 is 1.24 bits per heavy atom. The number of hydrogen-bond acceptors (Lipinski definition) is 5. The molecule has 3 aromatic rings. The summed E-state index contributed by atoms with van der Waals surface area (Å²) in [5, 5.41) is 4.90. The van der Waals surface area contributed by atoms with Crippen LogP contribution in [0.2, 0.25) is 0 Å². The van der Waals surface area contributed by atoms with Crippen molar-refractivity contribution in [3.63, 3.8) is 0 Å². The van der Waals surface area contributed by atoms with Crippen molar-refractivity contribution >= 4 is 33.9 Å². The van der Waals surface area contributed by atoms with Crippen LogP contribution in [0.5, 0.6) is 0 Å². The lowest BCUT2D eigenvalue weighted by molar-refractivity contribution is 0.0959. The normalized spacial score (nSPS) is 13.9. The van der Waals surface area contributed by atoms with E-state index in [0.29, 0.717) is 21.7 Å². The van der Waals surface area contributed by atoms with Crippen molar-refractivity contribution in [1.82, 2.24) is 5.43 Å². The molecule has 1 aromatic carbocycles. The number of amides is 1. The summed E-state index contributed by atoms with van der Waals surface area (Å²) in [6.07, 6.45) is 3.26. The van der Waals surface area contributed by atoms with Gasteiger partial charge in [-0.25, -0.2) is 10.2 Å². The molecular weight excluding hydrogens is 336 g/mol. The van der Waals surface area contributed by atoms with Gasteiger partial charge in [-0.2, -0.15) is 5.10 Å². The molecule has 1 amide bonds. The average molecular weight is 352 g/mol. The van der Waals surface area contributed by atoms with Gasteiger partial charge in [0, 0.05) is 10.3 Å². The molecule has 1 aliphatic carbocycles. The number of hydrogen-bond donors (Lipinski definition) is 1. The first-order valence-electron chi connectivity index (χ1n) is 8.11. The van der Waals surface area contributed by atoms with Crippen molar-refractivity contribution in [3.05, 3.63) is 67.7 Å². The lowest BCUT2D eigenvalue weighted by atomic mass is 10.1. The minimum Gasteiger partial charge on any atom is -0.422 e. The van der Waals surface area contributed by atoms with Gasteiger partial charge in [0.25, 0.3) is 5.91 Å². The number of nitrogens with one attached hydrogen (secondary N) is 1. The van der Waals surface area contributed by atoms with Crippen molar-refractivity contribution in [2.45, 2.75) is 26.2 Å². The zero-order valence-corrected chi connectivity index (χ0v) is 14.5. The predicted octanol–water partition coefficient (Wildman–Crippen LogP) is 3.50. The number of para-hydroxylation sites is 1. The second-order valence-corrected chi connectivity index (χ2v) is 7.17. The number of thiophene rings is 1. The van der Waals surface area contributed by atoms with Crippen molar-refractivity contribution in [2.75, 3.05) is 0 Å². The molecule has 0 saturated carbocycles. The van der Waals surface area contributed by atoms with Crippen LogP contribution in [0, 0.1) is 0 Å². The van der Waals surface area contributed by atoms with Gasteiger partial charge in [-0.05, 0) is 49.9 Å². The Morgan fingerprint density at radius 2 is 2.08 bits per heavy atom. The Bertz CT molecular complexity index is 1040. The molecule has 2 heterocycles. The quantitative estimate of drug-likeness (QED) is 0.445. The highest BCUT2D eigenvalue weighted by Gasteiger charge is 2.18. The van der Waals surface area contributed by atoms with E-state index in [2.05, 4.69) is 10.5 Å². The van der Waals surface area contributed by atoms with Crippen LogP contribution < -0.4 is 11.1 Å². The molecule has 0 spiro atoms. The Hall–Kier alpha value is -2.73. The molecule has 5 nitrogen and oxygen atoms in total. The number of nitrogens with zero attached hydrogens (tertiary/aromatic N) is 1. The standard InChI is InChI=1S/C19H16N2O3S/c1-11(14-9-12-5-2-3-7-15(12)24-19(14)23)20-21-18(22)17-10-13-6-4-8-16(13)25-17/h2-3,5,7,9-10H,4,6,8H2,1H3,(H,21,22)/b20-11-. The Kier molecular flexibility index (Phi) is 3.97. The summed E-state index contributed by atoms with van der Waals surface area (Å²) in [5.74, 6) is -0.246. The van der Waals surface area contributed by atoms with E-state index >= 15 is 0 Å². The van der Waals surface area contributed by atoms with Crippen molar-refractivity contribution < 1.29 is 9.21 Å². The van der Waals surface area contributed by atoms with Crippen LogP contribution in [-0.4, -0.2) is 11.6 Å². The first-order chi connectivity index (χ1) is 12.1. The number of aryl methyl sites for hydroxylation is 2. The summed E-state index contributed by atoms with van der Waals surface area (Å²) in [6.45, 7) is 1.68. The van der Waals surface area contributed by atoms with Crippen LogP contribution >= 0.6 is 11.3 Å². The van der Waals surface area contributed by atoms with Gasteiger partial charge in [0.1, 0.15) is 5.58 Å². The highest BCUT2D eigenvalue weighted by atomic mass is 32.1. The highest BCUT2D eigenvalue weighted by Crippen LogP contribution is 2.30. The van der Waals surface area contributed by atoms with E-state index < -0.39 is 5.63 Å². The van der Waals surface area contributed by atoms with E-state index in [-0.39, 0.29) is 5.91 Å². The molecule has 0 unspecified atom stereocenters. The van der Waals surface area contributed by atoms with Gasteiger partial charge >= 0.3 is 5.63 Å². The van der Waals surface area contributed by atoms with Crippen LogP contribution in [0.4, 0.5) is 0 Å². The van der Waals surface area contributed by atoms with E-state index in [4.69, 9.17) is 4.42 Å². The second-order valence-electron chi connectivity index (χ2n) is 6.04. The summed E-state index contributed by atoms with van der Waals surface area (Å²) in [4.78, 5) is 26.4. The van der Waals surface area contributed by atoms with E-state index in [0.717, 1.165) is 24.6 Å². The fourth-order valence-electron chi connectivity index (χ4n) is 3.01. The fraction of sp³-hybridized carbons (Fsp3) is 0.211. The van der Waals surface area contributed by atoms with Crippen molar-refractivity contribution in [1.29, 1.82) is 0 Å². The summed E-state index contributed by atoms with van der Waals surface area (Å²) >= 11 is 1.52. The number of rotatable bonds is 3. The lowest BCUT2D eigenvalue weighted by Gasteiger charge is -2.03. The largest absolute Gasteiger partial charge is 0.422 e. The van der Waals surface area contributed by atoms with Gasteiger partial charge in [-0.1, -0.05) is 18.2 Å². The molecule has 6 heteroatoms. The molecule has 0 saturated heterocycles. The molecule has 25 heavy (non-hydrogen) atoms. The minimum absolute atomic E-state index is 0.246. The molecule has 0 bridgehead atoms. The van der Waals surface area contributed by atoms with Crippen molar-refractivity contribution in [2.24, 2.45) is 5.10 Å². The zero-order chi connectivity index (χ0) is 17.4. The third kappa shape index (κ3) is 3.00. The van der Waals surface area contributed by atoms with Gasteiger partial charge < -0.3 is 4.42 Å². The molecule has 1 aliphatic rings. The maximum absolute atomic E-state index is 12.3. The van der Waals surface area contributed by atoms with E-state index in [1.54, 1.807) is 19.1 Å². The molecule has 0 aliphatic heterocycles. The van der Waals surface area contributed by atoms with Crippen LogP contribution in [0.1, 0.15) is 39.0 Å².